The quantitative estimate of drug-likeness (QED) is 0.561. The molecule has 0 radical (unpaired) electrons. The summed E-state index contributed by atoms with van der Waals surface area (Å²) in [6.07, 6.45) is 2.99. The van der Waals surface area contributed by atoms with Gasteiger partial charge < -0.3 is 15.4 Å². The number of fused-ring (bicyclic) bond motifs is 1. The van der Waals surface area contributed by atoms with E-state index in [1.54, 1.807) is 0 Å². The zero-order chi connectivity index (χ0) is 22.6. The molecule has 10 heteroatoms. The highest BCUT2D eigenvalue weighted by Gasteiger charge is 2.34. The van der Waals surface area contributed by atoms with E-state index in [0.29, 0.717) is 13.0 Å². The van der Waals surface area contributed by atoms with E-state index in [0.717, 1.165) is 49.6 Å². The minimum Gasteiger partial charge on any atom is -0.406 e. The Morgan fingerprint density at radius 2 is 1.91 bits per heavy atom. The molecule has 1 saturated carbocycles. The van der Waals surface area contributed by atoms with Crippen LogP contribution < -0.4 is 15.4 Å². The fourth-order valence-electron chi connectivity index (χ4n) is 4.28. The Morgan fingerprint density at radius 3 is 2.69 bits per heavy atom. The third kappa shape index (κ3) is 5.49. The van der Waals surface area contributed by atoms with Crippen LogP contribution in [0.4, 0.5) is 23.7 Å². The molecular weight excluding hydrogens is 423 g/mol. The summed E-state index contributed by atoms with van der Waals surface area (Å²) in [4.78, 5) is 12.5. The Labute approximate surface area is 183 Å². The molecule has 0 bridgehead atoms. The molecule has 2 N–H and O–H groups in total. The predicted octanol–water partition coefficient (Wildman–Crippen LogP) is 4.94. The van der Waals surface area contributed by atoms with E-state index in [9.17, 15) is 18.0 Å². The van der Waals surface area contributed by atoms with Crippen molar-refractivity contribution >= 4 is 17.4 Å². The fourth-order valence-corrected chi connectivity index (χ4v) is 4.28. The van der Waals surface area contributed by atoms with Gasteiger partial charge >= 0.3 is 12.4 Å². The summed E-state index contributed by atoms with van der Waals surface area (Å²) in [7, 11) is 0. The van der Waals surface area contributed by atoms with Gasteiger partial charge in [0.25, 0.3) is 0 Å². The number of aromatic nitrogens is 3. The summed E-state index contributed by atoms with van der Waals surface area (Å²) >= 11 is 0. The fraction of sp³-hybridized carbons (Fsp3) is 0.409. The van der Waals surface area contributed by atoms with Gasteiger partial charge in [-0.1, -0.05) is 31.4 Å². The number of anilines is 1. The maximum Gasteiger partial charge on any atom is 0.573 e. The van der Waals surface area contributed by atoms with Crippen LogP contribution in [0.25, 0.3) is 5.65 Å². The van der Waals surface area contributed by atoms with Gasteiger partial charge in [-0.25, -0.2) is 4.79 Å². The van der Waals surface area contributed by atoms with Crippen molar-refractivity contribution in [1.29, 1.82) is 0 Å². The van der Waals surface area contributed by atoms with E-state index in [1.165, 1.54) is 18.2 Å². The number of amides is 2. The molecule has 4 rings (SSSR count). The number of rotatable bonds is 6. The van der Waals surface area contributed by atoms with E-state index in [2.05, 4.69) is 25.6 Å². The second kappa shape index (κ2) is 9.05. The Morgan fingerprint density at radius 1 is 1.09 bits per heavy atom. The van der Waals surface area contributed by atoms with Crippen LogP contribution in [-0.4, -0.2) is 33.5 Å². The number of nitrogens with zero attached hydrogens (tertiary/aromatic N) is 3. The van der Waals surface area contributed by atoms with Crippen molar-refractivity contribution in [2.75, 3.05) is 11.9 Å². The predicted molar refractivity (Wildman–Crippen MR) is 112 cm³/mol. The normalized spacial score (nSPS) is 16.0. The summed E-state index contributed by atoms with van der Waals surface area (Å²) in [6, 6.07) is 10.4. The lowest BCUT2D eigenvalue weighted by Crippen LogP contribution is -2.42. The Hall–Kier alpha value is -3.30. The molecule has 0 atom stereocenters. The molecule has 0 unspecified atom stereocenters. The zero-order valence-corrected chi connectivity index (χ0v) is 17.4. The molecule has 3 aromatic rings. The summed E-state index contributed by atoms with van der Waals surface area (Å²) < 4.78 is 43.1. The Kier molecular flexibility index (Phi) is 6.20. The lowest BCUT2D eigenvalue weighted by Gasteiger charge is -2.37. The van der Waals surface area contributed by atoms with Crippen molar-refractivity contribution in [1.82, 2.24) is 19.9 Å². The SMILES string of the molecule is O=C(NCC1(Cc2nnc3ccccn23)CCCCC1)Nc1cccc(OC(F)(F)F)c1. The van der Waals surface area contributed by atoms with Crippen molar-refractivity contribution in [3.8, 4) is 5.75 Å². The third-order valence-electron chi connectivity index (χ3n) is 5.78. The average Bonchev–Trinajstić information content (AvgIpc) is 3.15. The van der Waals surface area contributed by atoms with Crippen LogP contribution in [0, 0.1) is 5.41 Å². The van der Waals surface area contributed by atoms with E-state index in [-0.39, 0.29) is 11.1 Å². The summed E-state index contributed by atoms with van der Waals surface area (Å²) in [6.45, 7) is 0.430. The molecular formula is C22H24F3N5O2. The first-order chi connectivity index (χ1) is 15.3. The number of benzene rings is 1. The maximum absolute atomic E-state index is 12.5. The zero-order valence-electron chi connectivity index (χ0n) is 17.4. The first-order valence-electron chi connectivity index (χ1n) is 10.5. The highest BCUT2D eigenvalue weighted by molar-refractivity contribution is 5.89. The van der Waals surface area contributed by atoms with Gasteiger partial charge in [-0.3, -0.25) is 4.40 Å². The van der Waals surface area contributed by atoms with Crippen LogP contribution in [0.15, 0.2) is 48.7 Å². The number of hydrogen-bond donors (Lipinski definition) is 2. The minimum atomic E-state index is -4.79. The van der Waals surface area contributed by atoms with Crippen LogP contribution in [0.2, 0.25) is 0 Å². The summed E-state index contributed by atoms with van der Waals surface area (Å²) in [5.74, 6) is 0.458. The maximum atomic E-state index is 12.5. The molecule has 2 amide bonds. The lowest BCUT2D eigenvalue weighted by atomic mass is 9.71. The number of carbonyl (C=O) groups is 1. The molecule has 7 nitrogen and oxygen atoms in total. The third-order valence-corrected chi connectivity index (χ3v) is 5.78. The van der Waals surface area contributed by atoms with Crippen LogP contribution in [-0.2, 0) is 6.42 Å². The van der Waals surface area contributed by atoms with Crippen LogP contribution in [0.3, 0.4) is 0 Å². The van der Waals surface area contributed by atoms with Gasteiger partial charge in [0.05, 0.1) is 0 Å². The van der Waals surface area contributed by atoms with Gasteiger partial charge in [0, 0.05) is 30.9 Å². The van der Waals surface area contributed by atoms with Gasteiger partial charge in [0.2, 0.25) is 0 Å². The molecule has 1 aliphatic rings. The van der Waals surface area contributed by atoms with Gasteiger partial charge in [-0.15, -0.1) is 23.4 Å². The van der Waals surface area contributed by atoms with Crippen LogP contribution in [0.5, 0.6) is 5.75 Å². The van der Waals surface area contributed by atoms with Crippen molar-refractivity contribution in [3.63, 3.8) is 0 Å². The second-order valence-corrected chi connectivity index (χ2v) is 8.17. The standard InChI is InChI=1S/C22H24F3N5O2/c23-22(24,25)32-17-8-6-7-16(13-17)27-20(31)26-15-21(10-3-1-4-11-21)14-19-29-28-18-9-2-5-12-30(18)19/h2,5-9,12-13H,1,3-4,10-11,14-15H2,(H2,26,27,31). The number of carbonyl (C=O) groups excluding carboxylic acids is 1. The number of urea groups is 1. The number of nitrogens with one attached hydrogen (secondary N) is 2. The number of ether oxygens (including phenoxy) is 1. The Balaban J connectivity index is 1.41. The highest BCUT2D eigenvalue weighted by atomic mass is 19.4. The number of alkyl halides is 3. The van der Waals surface area contributed by atoms with Crippen LogP contribution in [0.1, 0.15) is 37.9 Å². The molecule has 0 spiro atoms. The molecule has 2 heterocycles. The monoisotopic (exact) mass is 447 g/mol. The first kappa shape index (κ1) is 21.9. The molecule has 170 valence electrons. The molecule has 2 aromatic heterocycles. The summed E-state index contributed by atoms with van der Waals surface area (Å²) in [5, 5.41) is 14.1. The van der Waals surface area contributed by atoms with Gasteiger partial charge in [0.1, 0.15) is 11.6 Å². The summed E-state index contributed by atoms with van der Waals surface area (Å²) in [5.41, 5.74) is 0.834. The van der Waals surface area contributed by atoms with Gasteiger partial charge in [0.15, 0.2) is 5.65 Å². The van der Waals surface area contributed by atoms with E-state index >= 15 is 0 Å². The minimum absolute atomic E-state index is 0.157. The molecule has 1 aliphatic carbocycles. The highest BCUT2D eigenvalue weighted by Crippen LogP contribution is 2.38. The van der Waals surface area contributed by atoms with Gasteiger partial charge in [-0.2, -0.15) is 0 Å². The van der Waals surface area contributed by atoms with Crippen molar-refractivity contribution < 1.29 is 22.7 Å². The molecule has 32 heavy (non-hydrogen) atoms. The van der Waals surface area contributed by atoms with Crippen molar-refractivity contribution in [2.45, 2.75) is 44.9 Å². The molecule has 0 saturated heterocycles. The topological polar surface area (TPSA) is 80.6 Å². The van der Waals surface area contributed by atoms with E-state index in [1.807, 2.05) is 28.8 Å². The average molecular weight is 447 g/mol. The molecule has 1 aromatic carbocycles. The van der Waals surface area contributed by atoms with Crippen molar-refractivity contribution in [3.05, 3.63) is 54.5 Å². The number of halogens is 3. The molecule has 0 aliphatic heterocycles. The van der Waals surface area contributed by atoms with Gasteiger partial charge in [-0.05, 0) is 42.5 Å². The molecule has 1 fully saturated rings. The lowest BCUT2D eigenvalue weighted by molar-refractivity contribution is -0.274. The Bertz CT molecular complexity index is 1080. The second-order valence-electron chi connectivity index (χ2n) is 8.17. The van der Waals surface area contributed by atoms with Crippen LogP contribution >= 0.6 is 0 Å². The number of pyridine rings is 1. The number of hydrogen-bond acceptors (Lipinski definition) is 4. The largest absolute Gasteiger partial charge is 0.573 e. The van der Waals surface area contributed by atoms with Crippen molar-refractivity contribution in [2.24, 2.45) is 5.41 Å². The first-order valence-corrected chi connectivity index (χ1v) is 10.5. The van der Waals surface area contributed by atoms with E-state index in [4.69, 9.17) is 0 Å². The smallest absolute Gasteiger partial charge is 0.406 e. The van der Waals surface area contributed by atoms with E-state index < -0.39 is 18.1 Å².